The number of hydrogen-bond donors (Lipinski definition) is 0. The summed E-state index contributed by atoms with van der Waals surface area (Å²) in [6.07, 6.45) is 0. The van der Waals surface area contributed by atoms with Crippen LogP contribution in [0.5, 0.6) is 0 Å². The number of hydrogen-bond acceptors (Lipinski definition) is 3. The molecule has 0 aliphatic carbocycles. The number of rotatable bonds is 5. The van der Waals surface area contributed by atoms with Crippen LogP contribution in [0.1, 0.15) is 23.5 Å². The molecule has 0 atom stereocenters. The maximum absolute atomic E-state index is 11.8. The van der Waals surface area contributed by atoms with E-state index in [2.05, 4.69) is 34.7 Å². The molecule has 0 aliphatic heterocycles. The number of Topliss-reactive ketones (excluding diaryl/α,β-unsaturated/α-hetero) is 1. The number of thiophene rings is 1. The molecule has 14 heavy (non-hydrogen) atoms. The Morgan fingerprint density at radius 2 is 2.14 bits per heavy atom. The second-order valence-corrected chi connectivity index (χ2v) is 4.75. The molecular formula is C10H14BrNOS. The van der Waals surface area contributed by atoms with Gasteiger partial charge in [0.15, 0.2) is 5.78 Å². The first-order valence-electron chi connectivity index (χ1n) is 4.67. The number of ketones is 1. The third-order valence-electron chi connectivity index (χ3n) is 2.13. The minimum Gasteiger partial charge on any atom is -0.296 e. The molecule has 0 N–H and O–H groups in total. The summed E-state index contributed by atoms with van der Waals surface area (Å²) in [5.41, 5.74) is 0. The van der Waals surface area contributed by atoms with E-state index in [0.717, 1.165) is 22.4 Å². The molecule has 0 fully saturated rings. The average molecular weight is 276 g/mol. The van der Waals surface area contributed by atoms with Gasteiger partial charge in [-0.15, -0.1) is 11.3 Å². The first-order chi connectivity index (χ1) is 6.69. The summed E-state index contributed by atoms with van der Waals surface area (Å²) in [4.78, 5) is 14.7. The van der Waals surface area contributed by atoms with Crippen molar-refractivity contribution in [2.75, 3.05) is 19.6 Å². The van der Waals surface area contributed by atoms with Crippen LogP contribution >= 0.6 is 27.3 Å². The number of likely N-dealkylation sites (N-methyl/N-ethyl adjacent to an activating group) is 1. The molecule has 0 saturated carbocycles. The van der Waals surface area contributed by atoms with Gasteiger partial charge < -0.3 is 0 Å². The molecule has 0 aliphatic rings. The van der Waals surface area contributed by atoms with Crippen molar-refractivity contribution >= 4 is 33.0 Å². The van der Waals surface area contributed by atoms with Gasteiger partial charge in [0.25, 0.3) is 0 Å². The van der Waals surface area contributed by atoms with Gasteiger partial charge in [-0.3, -0.25) is 9.69 Å². The maximum Gasteiger partial charge on any atom is 0.187 e. The fraction of sp³-hybridized carbons (Fsp3) is 0.500. The minimum atomic E-state index is 0.204. The van der Waals surface area contributed by atoms with Crippen LogP contribution in [0.4, 0.5) is 0 Å². The molecule has 1 aromatic rings. The zero-order valence-electron chi connectivity index (χ0n) is 8.42. The second kappa shape index (κ2) is 5.63. The highest BCUT2D eigenvalue weighted by atomic mass is 79.9. The highest BCUT2D eigenvalue weighted by molar-refractivity contribution is 9.10. The lowest BCUT2D eigenvalue weighted by Crippen LogP contribution is -2.29. The van der Waals surface area contributed by atoms with Crippen molar-refractivity contribution in [3.63, 3.8) is 0 Å². The average Bonchev–Trinajstić information content (AvgIpc) is 2.60. The standard InChI is InChI=1S/C10H14BrNOS/c1-3-12(4-2)7-9(13)10-8(11)5-6-14-10/h5-6H,3-4,7H2,1-2H3. The Morgan fingerprint density at radius 3 is 2.57 bits per heavy atom. The third-order valence-corrected chi connectivity index (χ3v) is 4.01. The van der Waals surface area contributed by atoms with Gasteiger partial charge in [-0.1, -0.05) is 13.8 Å². The fourth-order valence-corrected chi connectivity index (χ4v) is 2.74. The second-order valence-electron chi connectivity index (χ2n) is 2.98. The summed E-state index contributed by atoms with van der Waals surface area (Å²) in [5.74, 6) is 0.204. The van der Waals surface area contributed by atoms with E-state index in [1.54, 1.807) is 0 Å². The molecule has 0 saturated heterocycles. The molecule has 78 valence electrons. The third kappa shape index (κ3) is 2.90. The van der Waals surface area contributed by atoms with Crippen LogP contribution in [-0.2, 0) is 0 Å². The summed E-state index contributed by atoms with van der Waals surface area (Å²) >= 11 is 4.87. The Morgan fingerprint density at radius 1 is 1.50 bits per heavy atom. The Balaban J connectivity index is 2.63. The first-order valence-corrected chi connectivity index (χ1v) is 6.34. The lowest BCUT2D eigenvalue weighted by molar-refractivity contribution is 0.0941. The van der Waals surface area contributed by atoms with Crippen LogP contribution in [-0.4, -0.2) is 30.3 Å². The largest absolute Gasteiger partial charge is 0.296 e. The van der Waals surface area contributed by atoms with E-state index >= 15 is 0 Å². The normalized spacial score (nSPS) is 10.9. The number of carbonyl (C=O) groups is 1. The smallest absolute Gasteiger partial charge is 0.187 e. The lowest BCUT2D eigenvalue weighted by atomic mass is 10.3. The van der Waals surface area contributed by atoms with Crippen LogP contribution in [0.25, 0.3) is 0 Å². The molecule has 2 nitrogen and oxygen atoms in total. The molecule has 4 heteroatoms. The van der Waals surface area contributed by atoms with Crippen LogP contribution in [0.2, 0.25) is 0 Å². The van der Waals surface area contributed by atoms with E-state index in [-0.39, 0.29) is 5.78 Å². The predicted octanol–water partition coefficient (Wildman–Crippen LogP) is 3.04. The van der Waals surface area contributed by atoms with Gasteiger partial charge in [-0.05, 0) is 40.5 Å². The van der Waals surface area contributed by atoms with Gasteiger partial charge in [0, 0.05) is 4.47 Å². The Kier molecular flexibility index (Phi) is 4.78. The summed E-state index contributed by atoms with van der Waals surface area (Å²) in [5, 5.41) is 1.93. The molecule has 1 aromatic heterocycles. The van der Waals surface area contributed by atoms with Gasteiger partial charge in [-0.2, -0.15) is 0 Å². The fourth-order valence-electron chi connectivity index (χ4n) is 1.21. The molecule has 1 heterocycles. The molecule has 0 bridgehead atoms. The summed E-state index contributed by atoms with van der Waals surface area (Å²) in [6, 6.07) is 1.92. The van der Waals surface area contributed by atoms with Gasteiger partial charge in [-0.25, -0.2) is 0 Å². The summed E-state index contributed by atoms with van der Waals surface area (Å²) < 4.78 is 0.916. The molecule has 1 rings (SSSR count). The SMILES string of the molecule is CCN(CC)CC(=O)c1sccc1Br. The van der Waals surface area contributed by atoms with Crippen molar-refractivity contribution < 1.29 is 4.79 Å². The molecule has 0 unspecified atom stereocenters. The predicted molar refractivity (Wildman–Crippen MR) is 64.1 cm³/mol. The van der Waals surface area contributed by atoms with Gasteiger partial charge in [0.1, 0.15) is 0 Å². The topological polar surface area (TPSA) is 20.3 Å². The van der Waals surface area contributed by atoms with Crippen LogP contribution < -0.4 is 0 Å². The van der Waals surface area contributed by atoms with Crippen molar-refractivity contribution in [1.29, 1.82) is 0 Å². The lowest BCUT2D eigenvalue weighted by Gasteiger charge is -2.16. The highest BCUT2D eigenvalue weighted by Crippen LogP contribution is 2.23. The van der Waals surface area contributed by atoms with Crippen molar-refractivity contribution in [2.45, 2.75) is 13.8 Å². The molecule has 0 spiro atoms. The number of nitrogens with zero attached hydrogens (tertiary/aromatic N) is 1. The van der Waals surface area contributed by atoms with Gasteiger partial charge in [0.05, 0.1) is 11.4 Å². The van der Waals surface area contributed by atoms with E-state index in [0.29, 0.717) is 6.54 Å². The van der Waals surface area contributed by atoms with Crippen molar-refractivity contribution in [3.8, 4) is 0 Å². The molecule has 0 aromatic carbocycles. The molecule has 0 amide bonds. The van der Waals surface area contributed by atoms with Crippen molar-refractivity contribution in [1.82, 2.24) is 4.90 Å². The van der Waals surface area contributed by atoms with Gasteiger partial charge in [0.2, 0.25) is 0 Å². The Hall–Kier alpha value is -0.190. The van der Waals surface area contributed by atoms with Crippen LogP contribution in [0, 0.1) is 0 Å². The van der Waals surface area contributed by atoms with Crippen molar-refractivity contribution in [3.05, 3.63) is 20.8 Å². The Bertz CT molecular complexity index is 307. The zero-order chi connectivity index (χ0) is 10.6. The van der Waals surface area contributed by atoms with Crippen LogP contribution in [0.15, 0.2) is 15.9 Å². The van der Waals surface area contributed by atoms with Gasteiger partial charge >= 0.3 is 0 Å². The number of carbonyl (C=O) groups excluding carboxylic acids is 1. The summed E-state index contributed by atoms with van der Waals surface area (Å²) in [6.45, 7) is 6.50. The van der Waals surface area contributed by atoms with E-state index in [1.165, 1.54) is 11.3 Å². The Labute approximate surface area is 97.1 Å². The molecule has 0 radical (unpaired) electrons. The summed E-state index contributed by atoms with van der Waals surface area (Å²) in [7, 11) is 0. The zero-order valence-corrected chi connectivity index (χ0v) is 10.8. The van der Waals surface area contributed by atoms with E-state index in [9.17, 15) is 4.79 Å². The van der Waals surface area contributed by atoms with E-state index < -0.39 is 0 Å². The minimum absolute atomic E-state index is 0.204. The highest BCUT2D eigenvalue weighted by Gasteiger charge is 2.13. The molecular weight excluding hydrogens is 262 g/mol. The first kappa shape index (κ1) is 11.9. The number of halogens is 1. The van der Waals surface area contributed by atoms with Crippen molar-refractivity contribution in [2.24, 2.45) is 0 Å². The van der Waals surface area contributed by atoms with E-state index in [4.69, 9.17) is 0 Å². The monoisotopic (exact) mass is 275 g/mol. The quantitative estimate of drug-likeness (QED) is 0.770. The maximum atomic E-state index is 11.8. The van der Waals surface area contributed by atoms with Crippen LogP contribution in [0.3, 0.4) is 0 Å². The van der Waals surface area contributed by atoms with E-state index in [1.807, 2.05) is 11.4 Å².